The van der Waals surface area contributed by atoms with Crippen LogP contribution < -0.4 is 5.32 Å². The van der Waals surface area contributed by atoms with E-state index in [-0.39, 0.29) is 18.1 Å². The summed E-state index contributed by atoms with van der Waals surface area (Å²) in [7, 11) is -3.13. The maximum absolute atomic E-state index is 11.6. The number of aromatic nitrogens is 2. The molecule has 2 rings (SSSR count). The van der Waals surface area contributed by atoms with E-state index in [0.717, 1.165) is 24.8 Å². The Kier molecular flexibility index (Phi) is 5.32. The van der Waals surface area contributed by atoms with E-state index in [1.807, 2.05) is 18.2 Å². The highest BCUT2D eigenvalue weighted by Crippen LogP contribution is 2.10. The Morgan fingerprint density at radius 1 is 1.23 bits per heavy atom. The summed E-state index contributed by atoms with van der Waals surface area (Å²) in [4.78, 5) is 11.6. The quantitative estimate of drug-likeness (QED) is 0.809. The second-order valence-electron chi connectivity index (χ2n) is 5.19. The van der Waals surface area contributed by atoms with E-state index >= 15 is 0 Å². The predicted octanol–water partition coefficient (Wildman–Crippen LogP) is 1.57. The first-order valence-corrected chi connectivity index (χ1v) is 9.04. The van der Waals surface area contributed by atoms with Crippen LogP contribution in [0.5, 0.6) is 0 Å². The predicted molar refractivity (Wildman–Crippen MR) is 85.4 cm³/mol. The number of carbonyl (C=O) groups is 1. The van der Waals surface area contributed by atoms with Crippen LogP contribution in [0.25, 0.3) is 0 Å². The number of sulfone groups is 1. The van der Waals surface area contributed by atoms with E-state index < -0.39 is 9.84 Å². The topological polar surface area (TPSA) is 91.9 Å². The smallest absolute Gasteiger partial charge is 0.226 e. The number of benzene rings is 1. The number of nitrogens with one attached hydrogen (secondary N) is 2. The van der Waals surface area contributed by atoms with Gasteiger partial charge in [-0.3, -0.25) is 9.89 Å². The van der Waals surface area contributed by atoms with E-state index in [2.05, 4.69) is 27.6 Å². The highest BCUT2D eigenvalue weighted by atomic mass is 32.2. The molecular formula is C15H19N3O3S. The van der Waals surface area contributed by atoms with Crippen molar-refractivity contribution in [2.75, 3.05) is 17.3 Å². The summed E-state index contributed by atoms with van der Waals surface area (Å²) in [5, 5.41) is 9.46. The van der Waals surface area contributed by atoms with Gasteiger partial charge in [-0.2, -0.15) is 5.10 Å². The van der Waals surface area contributed by atoms with Crippen LogP contribution in [-0.4, -0.2) is 36.5 Å². The monoisotopic (exact) mass is 321 g/mol. The minimum absolute atomic E-state index is 0.0644. The number of amides is 1. The molecule has 1 aromatic heterocycles. The summed E-state index contributed by atoms with van der Waals surface area (Å²) in [6.45, 7) is 0. The molecule has 0 spiro atoms. The normalized spacial score (nSPS) is 11.3. The van der Waals surface area contributed by atoms with Gasteiger partial charge < -0.3 is 5.32 Å². The zero-order chi connectivity index (χ0) is 16.0. The van der Waals surface area contributed by atoms with Crippen molar-refractivity contribution < 1.29 is 13.2 Å². The molecule has 1 amide bonds. The van der Waals surface area contributed by atoms with Gasteiger partial charge in [0.05, 0.1) is 5.75 Å². The minimum atomic E-state index is -3.13. The number of hydrogen-bond acceptors (Lipinski definition) is 4. The number of aryl methyl sites for hydroxylation is 2. The Hall–Kier alpha value is -2.15. The Balaban J connectivity index is 1.82. The molecule has 6 nitrogen and oxygen atoms in total. The van der Waals surface area contributed by atoms with Gasteiger partial charge in [0.2, 0.25) is 5.91 Å². The summed E-state index contributed by atoms with van der Waals surface area (Å²) in [6, 6.07) is 11.9. The van der Waals surface area contributed by atoms with Gasteiger partial charge in [0.1, 0.15) is 9.84 Å². The molecule has 2 aromatic rings. The molecule has 0 saturated carbocycles. The molecule has 2 N–H and O–H groups in total. The number of hydrogen-bond donors (Lipinski definition) is 2. The number of anilines is 1. The van der Waals surface area contributed by atoms with Gasteiger partial charge in [-0.05, 0) is 18.4 Å². The summed E-state index contributed by atoms with van der Waals surface area (Å²) in [5.74, 6) is -0.0995. The van der Waals surface area contributed by atoms with Crippen molar-refractivity contribution in [1.29, 1.82) is 0 Å². The van der Waals surface area contributed by atoms with Crippen LogP contribution in [-0.2, 0) is 27.5 Å². The highest BCUT2D eigenvalue weighted by molar-refractivity contribution is 7.90. The molecular weight excluding hydrogens is 302 g/mol. The van der Waals surface area contributed by atoms with Crippen LogP contribution in [0.3, 0.4) is 0 Å². The molecule has 118 valence electrons. The third-order valence-electron chi connectivity index (χ3n) is 3.12. The standard InChI is InChI=1S/C15H19N3O3S/c1-22(20,21)10-9-15(19)16-14-11-13(17-18-14)8-7-12-5-3-2-4-6-12/h2-6,11H,7-10H2,1H3,(H2,16,17,18,19). The lowest BCUT2D eigenvalue weighted by Gasteiger charge is -2.00. The lowest BCUT2D eigenvalue weighted by atomic mass is 10.1. The largest absolute Gasteiger partial charge is 0.309 e. The Labute approximate surface area is 129 Å². The average molecular weight is 321 g/mol. The molecule has 0 bridgehead atoms. The van der Waals surface area contributed by atoms with Gasteiger partial charge in [0.15, 0.2) is 5.82 Å². The fourth-order valence-corrected chi connectivity index (χ4v) is 2.52. The first kappa shape index (κ1) is 16.2. The van der Waals surface area contributed by atoms with Crippen molar-refractivity contribution in [2.45, 2.75) is 19.3 Å². The first-order chi connectivity index (χ1) is 10.4. The maximum Gasteiger partial charge on any atom is 0.226 e. The molecule has 0 saturated heterocycles. The van der Waals surface area contributed by atoms with Gasteiger partial charge in [0, 0.05) is 24.4 Å². The zero-order valence-electron chi connectivity index (χ0n) is 12.4. The van der Waals surface area contributed by atoms with E-state index in [4.69, 9.17) is 0 Å². The van der Waals surface area contributed by atoms with Crippen molar-refractivity contribution in [1.82, 2.24) is 10.2 Å². The summed E-state index contributed by atoms with van der Waals surface area (Å²) < 4.78 is 22.0. The molecule has 0 aliphatic carbocycles. The molecule has 0 aliphatic heterocycles. The van der Waals surface area contributed by atoms with Crippen molar-refractivity contribution in [2.24, 2.45) is 0 Å². The lowest BCUT2D eigenvalue weighted by molar-refractivity contribution is -0.115. The van der Waals surface area contributed by atoms with Crippen LogP contribution in [0.4, 0.5) is 5.82 Å². The number of nitrogens with zero attached hydrogens (tertiary/aromatic N) is 1. The molecule has 0 fully saturated rings. The van der Waals surface area contributed by atoms with Crippen LogP contribution in [0.2, 0.25) is 0 Å². The SMILES string of the molecule is CS(=O)(=O)CCC(=O)Nc1cc(CCc2ccccc2)[nH]n1. The Bertz CT molecular complexity index is 724. The second-order valence-corrected chi connectivity index (χ2v) is 7.45. The van der Waals surface area contributed by atoms with Gasteiger partial charge in [-0.15, -0.1) is 0 Å². The lowest BCUT2D eigenvalue weighted by Crippen LogP contribution is -2.16. The number of rotatable bonds is 7. The van der Waals surface area contributed by atoms with Crippen molar-refractivity contribution >= 4 is 21.6 Å². The third kappa shape index (κ3) is 5.69. The molecule has 0 unspecified atom stereocenters. The number of carbonyl (C=O) groups excluding carboxylic acids is 1. The van der Waals surface area contributed by atoms with Gasteiger partial charge >= 0.3 is 0 Å². The molecule has 0 aliphatic rings. The van der Waals surface area contributed by atoms with Crippen LogP contribution in [0.1, 0.15) is 17.7 Å². The first-order valence-electron chi connectivity index (χ1n) is 6.98. The molecule has 1 aromatic carbocycles. The van der Waals surface area contributed by atoms with Crippen LogP contribution in [0, 0.1) is 0 Å². The molecule has 22 heavy (non-hydrogen) atoms. The van der Waals surface area contributed by atoms with Crippen LogP contribution >= 0.6 is 0 Å². The minimum Gasteiger partial charge on any atom is -0.309 e. The summed E-state index contributed by atoms with van der Waals surface area (Å²) in [5.41, 5.74) is 2.15. The van der Waals surface area contributed by atoms with Gasteiger partial charge in [0.25, 0.3) is 0 Å². The molecule has 0 atom stereocenters. The fourth-order valence-electron chi connectivity index (χ4n) is 1.96. The van der Waals surface area contributed by atoms with E-state index in [0.29, 0.717) is 5.82 Å². The maximum atomic E-state index is 11.6. The van der Waals surface area contributed by atoms with Crippen molar-refractivity contribution in [3.05, 3.63) is 47.7 Å². The molecule has 1 heterocycles. The number of H-pyrrole nitrogens is 1. The second kappa shape index (κ2) is 7.22. The summed E-state index contributed by atoms with van der Waals surface area (Å²) in [6.07, 6.45) is 2.71. The van der Waals surface area contributed by atoms with E-state index in [1.54, 1.807) is 6.07 Å². The molecule has 0 radical (unpaired) electrons. The average Bonchev–Trinajstić information content (AvgIpc) is 2.91. The number of aromatic amines is 1. The van der Waals surface area contributed by atoms with E-state index in [9.17, 15) is 13.2 Å². The van der Waals surface area contributed by atoms with Crippen molar-refractivity contribution in [3.8, 4) is 0 Å². The highest BCUT2D eigenvalue weighted by Gasteiger charge is 2.10. The fraction of sp³-hybridized carbons (Fsp3) is 0.333. The van der Waals surface area contributed by atoms with Gasteiger partial charge in [-0.1, -0.05) is 30.3 Å². The van der Waals surface area contributed by atoms with Crippen LogP contribution in [0.15, 0.2) is 36.4 Å². The zero-order valence-corrected chi connectivity index (χ0v) is 13.2. The summed E-state index contributed by atoms with van der Waals surface area (Å²) >= 11 is 0. The Morgan fingerprint density at radius 2 is 1.95 bits per heavy atom. The van der Waals surface area contributed by atoms with Crippen molar-refractivity contribution in [3.63, 3.8) is 0 Å². The van der Waals surface area contributed by atoms with Gasteiger partial charge in [-0.25, -0.2) is 8.42 Å². The third-order valence-corrected chi connectivity index (χ3v) is 4.07. The Morgan fingerprint density at radius 3 is 2.64 bits per heavy atom. The van der Waals surface area contributed by atoms with E-state index in [1.165, 1.54) is 5.56 Å². The molecule has 7 heteroatoms.